The minimum Gasteiger partial charge on any atom is -0.309 e. The molecule has 130 valence electrons. The largest absolute Gasteiger partial charge is 0.309 e. The zero-order valence-corrected chi connectivity index (χ0v) is 16.0. The molecule has 0 radical (unpaired) electrons. The highest BCUT2D eigenvalue weighted by Crippen LogP contribution is 2.35. The first kappa shape index (κ1) is 19.0. The first-order valence-corrected chi connectivity index (χ1v) is 8.93. The second-order valence-corrected chi connectivity index (χ2v) is 7.48. The molecule has 3 rings (SSSR count). The number of halogens is 1. The number of benzene rings is 2. The maximum absolute atomic E-state index is 2.40. The Morgan fingerprint density at radius 3 is 2.29 bits per heavy atom. The van der Waals surface area contributed by atoms with E-state index in [2.05, 4.69) is 74.4 Å². The van der Waals surface area contributed by atoms with Gasteiger partial charge in [0.1, 0.15) is 0 Å². The Morgan fingerprint density at radius 2 is 1.58 bits per heavy atom. The average Bonchev–Trinajstić information content (AvgIpc) is 2.51. The van der Waals surface area contributed by atoms with Gasteiger partial charge < -0.3 is 4.90 Å². The van der Waals surface area contributed by atoms with Crippen molar-refractivity contribution in [1.82, 2.24) is 4.90 Å². The molecule has 0 fully saturated rings. The molecule has 0 heterocycles. The van der Waals surface area contributed by atoms with Crippen LogP contribution in [0.15, 0.2) is 48.5 Å². The standard InChI is InChI=1S/C22H29N.ClH/c1-17(16-23(2)3)14-21-13-12-18-8-4-5-9-19(18)15-20-10-6-7-11-22(20)21;/h4-11,17,21H,12-16H2,1-3H3;1H. The maximum Gasteiger partial charge on any atom is 0.000114 e. The van der Waals surface area contributed by atoms with E-state index in [9.17, 15) is 0 Å². The van der Waals surface area contributed by atoms with E-state index >= 15 is 0 Å². The van der Waals surface area contributed by atoms with Gasteiger partial charge in [-0.15, -0.1) is 12.4 Å². The predicted octanol–water partition coefficient (Wildman–Crippen LogP) is 5.32. The number of rotatable bonds is 4. The van der Waals surface area contributed by atoms with Crippen LogP contribution in [0.25, 0.3) is 0 Å². The van der Waals surface area contributed by atoms with Gasteiger partial charge in [0.2, 0.25) is 0 Å². The molecule has 1 aliphatic rings. The van der Waals surface area contributed by atoms with E-state index in [1.54, 1.807) is 11.1 Å². The normalized spacial score (nSPS) is 17.9. The van der Waals surface area contributed by atoms with E-state index in [-0.39, 0.29) is 12.4 Å². The van der Waals surface area contributed by atoms with Crippen LogP contribution < -0.4 is 0 Å². The second kappa shape index (κ2) is 8.69. The highest BCUT2D eigenvalue weighted by molar-refractivity contribution is 5.85. The van der Waals surface area contributed by atoms with Crippen LogP contribution in [0.2, 0.25) is 0 Å². The molecule has 1 nitrogen and oxygen atoms in total. The Balaban J connectivity index is 0.00000208. The molecule has 0 saturated heterocycles. The fraction of sp³-hybridized carbons (Fsp3) is 0.455. The summed E-state index contributed by atoms with van der Waals surface area (Å²) in [5, 5.41) is 0. The zero-order chi connectivity index (χ0) is 16.2. The Bertz CT molecular complexity index is 650. The monoisotopic (exact) mass is 343 g/mol. The average molecular weight is 344 g/mol. The molecule has 2 unspecified atom stereocenters. The lowest BCUT2D eigenvalue weighted by Gasteiger charge is -2.28. The smallest absolute Gasteiger partial charge is 0.000114 e. The molecule has 2 atom stereocenters. The highest BCUT2D eigenvalue weighted by atomic mass is 35.5. The van der Waals surface area contributed by atoms with Gasteiger partial charge in [-0.2, -0.15) is 0 Å². The van der Waals surface area contributed by atoms with E-state index in [4.69, 9.17) is 0 Å². The van der Waals surface area contributed by atoms with Crippen LogP contribution in [-0.4, -0.2) is 25.5 Å². The molecule has 2 aromatic rings. The topological polar surface area (TPSA) is 3.24 Å². The molecule has 0 aliphatic heterocycles. The van der Waals surface area contributed by atoms with Crippen LogP contribution in [-0.2, 0) is 12.8 Å². The molecular formula is C22H30ClN. The summed E-state index contributed by atoms with van der Waals surface area (Å²) < 4.78 is 0. The van der Waals surface area contributed by atoms with Crippen LogP contribution in [0.5, 0.6) is 0 Å². The Kier molecular flexibility index (Phi) is 6.89. The van der Waals surface area contributed by atoms with Crippen molar-refractivity contribution in [3.63, 3.8) is 0 Å². The van der Waals surface area contributed by atoms with Crippen LogP contribution in [0, 0.1) is 5.92 Å². The lowest BCUT2D eigenvalue weighted by Crippen LogP contribution is -2.22. The fourth-order valence-corrected chi connectivity index (χ4v) is 4.19. The fourth-order valence-electron chi connectivity index (χ4n) is 4.19. The second-order valence-electron chi connectivity index (χ2n) is 7.48. The van der Waals surface area contributed by atoms with Gasteiger partial charge in [0, 0.05) is 6.54 Å². The van der Waals surface area contributed by atoms with Crippen molar-refractivity contribution in [3.05, 3.63) is 70.8 Å². The summed E-state index contributed by atoms with van der Waals surface area (Å²) in [6, 6.07) is 18.1. The summed E-state index contributed by atoms with van der Waals surface area (Å²) in [5.74, 6) is 1.42. The maximum atomic E-state index is 2.40. The highest BCUT2D eigenvalue weighted by Gasteiger charge is 2.21. The molecule has 2 aromatic carbocycles. The van der Waals surface area contributed by atoms with Crippen molar-refractivity contribution >= 4 is 12.4 Å². The van der Waals surface area contributed by atoms with Gasteiger partial charge in [-0.25, -0.2) is 0 Å². The summed E-state index contributed by atoms with van der Waals surface area (Å²) in [6.45, 7) is 3.57. The van der Waals surface area contributed by atoms with Gasteiger partial charge in [0.05, 0.1) is 0 Å². The lowest BCUT2D eigenvalue weighted by molar-refractivity contribution is 0.310. The molecule has 0 N–H and O–H groups in total. The van der Waals surface area contributed by atoms with Gasteiger partial charge in [-0.1, -0.05) is 55.5 Å². The van der Waals surface area contributed by atoms with Gasteiger partial charge in [0.15, 0.2) is 0 Å². The molecule has 0 spiro atoms. The van der Waals surface area contributed by atoms with Crippen LogP contribution in [0.1, 0.15) is 47.9 Å². The van der Waals surface area contributed by atoms with Gasteiger partial charge in [0.25, 0.3) is 0 Å². The van der Waals surface area contributed by atoms with Crippen molar-refractivity contribution in [1.29, 1.82) is 0 Å². The molecular weight excluding hydrogens is 314 g/mol. The van der Waals surface area contributed by atoms with E-state index in [1.165, 1.54) is 36.9 Å². The van der Waals surface area contributed by atoms with Crippen molar-refractivity contribution in [3.8, 4) is 0 Å². The van der Waals surface area contributed by atoms with E-state index in [0.29, 0.717) is 5.92 Å². The summed E-state index contributed by atoms with van der Waals surface area (Å²) in [4.78, 5) is 2.31. The lowest BCUT2D eigenvalue weighted by atomic mass is 9.79. The van der Waals surface area contributed by atoms with Crippen molar-refractivity contribution in [2.45, 2.75) is 38.5 Å². The van der Waals surface area contributed by atoms with Crippen molar-refractivity contribution in [2.75, 3.05) is 20.6 Å². The molecule has 0 aromatic heterocycles. The third kappa shape index (κ3) is 4.62. The molecule has 24 heavy (non-hydrogen) atoms. The summed E-state index contributed by atoms with van der Waals surface area (Å²) in [6.07, 6.45) is 4.86. The minimum atomic E-state index is 0. The zero-order valence-electron chi connectivity index (χ0n) is 15.2. The SMILES string of the molecule is CC(CC1CCc2ccccc2Cc2ccccc21)CN(C)C.Cl. The first-order chi connectivity index (χ1) is 11.1. The van der Waals surface area contributed by atoms with Crippen molar-refractivity contribution in [2.24, 2.45) is 5.92 Å². The van der Waals surface area contributed by atoms with E-state index in [1.807, 2.05) is 0 Å². The quantitative estimate of drug-likeness (QED) is 0.726. The van der Waals surface area contributed by atoms with E-state index < -0.39 is 0 Å². The number of aryl methyl sites for hydroxylation is 1. The minimum absolute atomic E-state index is 0. The summed E-state index contributed by atoms with van der Waals surface area (Å²) >= 11 is 0. The summed E-state index contributed by atoms with van der Waals surface area (Å²) in [5.41, 5.74) is 6.18. The van der Waals surface area contributed by atoms with Crippen LogP contribution in [0.4, 0.5) is 0 Å². The van der Waals surface area contributed by atoms with E-state index in [0.717, 1.165) is 12.3 Å². The molecule has 0 amide bonds. The Labute approximate surface area is 153 Å². The number of fused-ring (bicyclic) bond motifs is 2. The van der Waals surface area contributed by atoms with Gasteiger partial charge in [-0.3, -0.25) is 0 Å². The van der Waals surface area contributed by atoms with Crippen LogP contribution in [0.3, 0.4) is 0 Å². The van der Waals surface area contributed by atoms with Gasteiger partial charge >= 0.3 is 0 Å². The third-order valence-electron chi connectivity index (χ3n) is 5.12. The predicted molar refractivity (Wildman–Crippen MR) is 106 cm³/mol. The first-order valence-electron chi connectivity index (χ1n) is 8.93. The molecule has 2 heteroatoms. The molecule has 1 aliphatic carbocycles. The number of hydrogen-bond acceptors (Lipinski definition) is 1. The van der Waals surface area contributed by atoms with Gasteiger partial charge in [-0.05, 0) is 73.9 Å². The van der Waals surface area contributed by atoms with Crippen molar-refractivity contribution < 1.29 is 0 Å². The number of hydrogen-bond donors (Lipinski definition) is 0. The Hall–Kier alpha value is -1.31. The Morgan fingerprint density at radius 1 is 0.958 bits per heavy atom. The van der Waals surface area contributed by atoms with Crippen LogP contribution >= 0.6 is 12.4 Å². The molecule has 0 bridgehead atoms. The summed E-state index contributed by atoms with van der Waals surface area (Å²) in [7, 11) is 4.36. The molecule has 0 saturated carbocycles. The third-order valence-corrected chi connectivity index (χ3v) is 5.12. The number of nitrogens with zero attached hydrogens (tertiary/aromatic N) is 1.